The zero-order chi connectivity index (χ0) is 21.2. The molecule has 0 N–H and O–H groups in total. The molecule has 0 aromatic carbocycles. The van der Waals surface area contributed by atoms with Crippen molar-refractivity contribution >= 4 is 0 Å². The minimum absolute atomic E-state index is 0.320. The van der Waals surface area contributed by atoms with Crippen LogP contribution in [-0.4, -0.2) is 12.7 Å². The van der Waals surface area contributed by atoms with Crippen molar-refractivity contribution in [3.05, 3.63) is 36.5 Å². The van der Waals surface area contributed by atoms with E-state index in [0.717, 1.165) is 49.2 Å². The Morgan fingerprint density at radius 1 is 0.800 bits per heavy atom. The number of ether oxygens (including phenoxy) is 1. The molecule has 0 bridgehead atoms. The van der Waals surface area contributed by atoms with Crippen LogP contribution in [0.25, 0.3) is 0 Å². The molecule has 2 atom stereocenters. The molecule has 1 heterocycles. The molecule has 0 aromatic heterocycles. The van der Waals surface area contributed by atoms with Crippen molar-refractivity contribution in [3.63, 3.8) is 0 Å². The number of rotatable bonds is 8. The molecular weight excluding hydrogens is 378 g/mol. The second-order valence-electron chi connectivity index (χ2n) is 10.0. The Balaban J connectivity index is 1.29. The topological polar surface area (TPSA) is 9.23 Å². The number of halogens is 2. The number of hydrogen-bond acceptors (Lipinski definition) is 1. The standard InChI is InChI=1S/C27H42F2O/c1-2-5-21-12-15-24(16-13-21)25-17-19-26(30-20-25)18-14-23-10-8-22(9-11-23)6-3-4-7-27(28)29/h2,5,7,14,18,21-26H,3-4,6,8-13,15-17,19-20H2,1H3/b5-2+,18-14+. The third-order valence-electron chi connectivity index (χ3n) is 7.90. The van der Waals surface area contributed by atoms with Crippen molar-refractivity contribution in [2.24, 2.45) is 29.6 Å². The fourth-order valence-electron chi connectivity index (χ4n) is 5.96. The Morgan fingerprint density at radius 2 is 1.47 bits per heavy atom. The average molecular weight is 421 g/mol. The summed E-state index contributed by atoms with van der Waals surface area (Å²) in [4.78, 5) is 0. The van der Waals surface area contributed by atoms with E-state index in [2.05, 4.69) is 31.2 Å². The normalized spacial score (nSPS) is 35.7. The summed E-state index contributed by atoms with van der Waals surface area (Å²) < 4.78 is 30.4. The van der Waals surface area contributed by atoms with Gasteiger partial charge in [-0.05, 0) is 120 Å². The van der Waals surface area contributed by atoms with Crippen molar-refractivity contribution < 1.29 is 13.5 Å². The van der Waals surface area contributed by atoms with Crippen LogP contribution in [0, 0.1) is 29.6 Å². The largest absolute Gasteiger partial charge is 0.374 e. The summed E-state index contributed by atoms with van der Waals surface area (Å²) in [5.74, 6) is 3.89. The Bertz CT molecular complexity index is 553. The second kappa shape index (κ2) is 12.8. The molecular formula is C27H42F2O. The molecule has 3 aliphatic rings. The molecule has 2 aliphatic carbocycles. The van der Waals surface area contributed by atoms with E-state index >= 15 is 0 Å². The zero-order valence-electron chi connectivity index (χ0n) is 18.9. The Labute approximate surface area is 183 Å². The molecule has 0 amide bonds. The highest BCUT2D eigenvalue weighted by Crippen LogP contribution is 2.38. The van der Waals surface area contributed by atoms with Gasteiger partial charge in [-0.2, -0.15) is 8.78 Å². The Morgan fingerprint density at radius 3 is 2.10 bits per heavy atom. The number of hydrogen-bond donors (Lipinski definition) is 0. The molecule has 30 heavy (non-hydrogen) atoms. The van der Waals surface area contributed by atoms with Crippen LogP contribution in [0.1, 0.15) is 90.4 Å². The predicted molar refractivity (Wildman–Crippen MR) is 121 cm³/mol. The van der Waals surface area contributed by atoms with E-state index < -0.39 is 6.08 Å². The van der Waals surface area contributed by atoms with Crippen LogP contribution in [0.15, 0.2) is 36.5 Å². The maximum atomic E-state index is 12.1. The molecule has 170 valence electrons. The third kappa shape index (κ3) is 7.94. The van der Waals surface area contributed by atoms with Crippen LogP contribution in [0.3, 0.4) is 0 Å². The van der Waals surface area contributed by atoms with E-state index in [1.54, 1.807) is 0 Å². The van der Waals surface area contributed by atoms with E-state index in [9.17, 15) is 8.78 Å². The lowest BCUT2D eigenvalue weighted by molar-refractivity contribution is -0.0157. The zero-order valence-corrected chi connectivity index (χ0v) is 18.9. The lowest BCUT2D eigenvalue weighted by Crippen LogP contribution is -2.31. The summed E-state index contributed by atoms with van der Waals surface area (Å²) >= 11 is 0. The fourth-order valence-corrected chi connectivity index (χ4v) is 5.96. The third-order valence-corrected chi connectivity index (χ3v) is 7.90. The van der Waals surface area contributed by atoms with Gasteiger partial charge in [0.2, 0.25) is 0 Å². The summed E-state index contributed by atoms with van der Waals surface area (Å²) in [5.41, 5.74) is 0. The monoisotopic (exact) mass is 420 g/mol. The van der Waals surface area contributed by atoms with Gasteiger partial charge in [-0.25, -0.2) is 0 Å². The number of unbranched alkanes of at least 4 members (excludes halogenated alkanes) is 1. The van der Waals surface area contributed by atoms with Crippen LogP contribution in [0.4, 0.5) is 8.78 Å². The molecule has 1 nitrogen and oxygen atoms in total. The van der Waals surface area contributed by atoms with Gasteiger partial charge in [0.25, 0.3) is 6.08 Å². The van der Waals surface area contributed by atoms with Gasteiger partial charge >= 0.3 is 0 Å². The van der Waals surface area contributed by atoms with Gasteiger partial charge in [-0.1, -0.05) is 30.7 Å². The van der Waals surface area contributed by atoms with E-state index in [-0.39, 0.29) is 0 Å². The molecule has 2 unspecified atom stereocenters. The lowest BCUT2D eigenvalue weighted by atomic mass is 9.73. The Hall–Kier alpha value is -0.960. The first-order valence-corrected chi connectivity index (χ1v) is 12.6. The Kier molecular flexibility index (Phi) is 10.1. The van der Waals surface area contributed by atoms with Gasteiger partial charge in [0.15, 0.2) is 0 Å². The molecule has 0 spiro atoms. The van der Waals surface area contributed by atoms with Gasteiger partial charge in [-0.15, -0.1) is 0 Å². The maximum Gasteiger partial charge on any atom is 0.266 e. The van der Waals surface area contributed by atoms with E-state index in [0.29, 0.717) is 18.4 Å². The SMILES string of the molecule is C/C=C/C1CCC(C2CCC(/C=C/C3CCC(CCCC=C(F)F)CC3)OC2)CC1. The van der Waals surface area contributed by atoms with Crippen LogP contribution < -0.4 is 0 Å². The summed E-state index contributed by atoms with van der Waals surface area (Å²) in [6.07, 6.45) is 24.8. The molecule has 3 fully saturated rings. The van der Waals surface area contributed by atoms with Crippen molar-refractivity contribution in [1.82, 2.24) is 0 Å². The van der Waals surface area contributed by atoms with E-state index in [1.165, 1.54) is 64.2 Å². The first-order valence-electron chi connectivity index (χ1n) is 12.6. The van der Waals surface area contributed by atoms with E-state index in [1.807, 2.05) is 0 Å². The van der Waals surface area contributed by atoms with Crippen molar-refractivity contribution in [3.8, 4) is 0 Å². The quantitative estimate of drug-likeness (QED) is 0.282. The molecule has 1 saturated heterocycles. The van der Waals surface area contributed by atoms with Crippen LogP contribution in [0.2, 0.25) is 0 Å². The van der Waals surface area contributed by atoms with Crippen molar-refractivity contribution in [1.29, 1.82) is 0 Å². The molecule has 1 aliphatic heterocycles. The molecule has 3 rings (SSSR count). The van der Waals surface area contributed by atoms with Gasteiger partial charge in [0.05, 0.1) is 12.7 Å². The molecule has 0 aromatic rings. The highest BCUT2D eigenvalue weighted by Gasteiger charge is 2.30. The van der Waals surface area contributed by atoms with Crippen LogP contribution in [-0.2, 0) is 4.74 Å². The summed E-state index contributed by atoms with van der Waals surface area (Å²) in [6, 6.07) is 0. The fraction of sp³-hybridized carbons (Fsp3) is 0.778. The predicted octanol–water partition coefficient (Wildman–Crippen LogP) is 8.48. The molecule has 0 radical (unpaired) electrons. The number of allylic oxidation sites excluding steroid dienone is 4. The molecule has 2 saturated carbocycles. The average Bonchev–Trinajstić information content (AvgIpc) is 2.77. The van der Waals surface area contributed by atoms with Gasteiger partial charge < -0.3 is 4.74 Å². The van der Waals surface area contributed by atoms with Crippen LogP contribution >= 0.6 is 0 Å². The summed E-state index contributed by atoms with van der Waals surface area (Å²) in [7, 11) is 0. The minimum atomic E-state index is -1.53. The van der Waals surface area contributed by atoms with Crippen LogP contribution in [0.5, 0.6) is 0 Å². The molecule has 3 heteroatoms. The van der Waals surface area contributed by atoms with Crippen molar-refractivity contribution in [2.75, 3.05) is 6.61 Å². The second-order valence-corrected chi connectivity index (χ2v) is 10.0. The highest BCUT2D eigenvalue weighted by atomic mass is 19.3. The van der Waals surface area contributed by atoms with Gasteiger partial charge in [-0.3, -0.25) is 0 Å². The summed E-state index contributed by atoms with van der Waals surface area (Å²) in [6.45, 7) is 3.09. The minimum Gasteiger partial charge on any atom is -0.374 e. The first-order chi connectivity index (χ1) is 14.6. The lowest BCUT2D eigenvalue weighted by Gasteiger charge is -2.37. The highest BCUT2D eigenvalue weighted by molar-refractivity contribution is 4.98. The maximum absolute atomic E-state index is 12.1. The van der Waals surface area contributed by atoms with Crippen molar-refractivity contribution in [2.45, 2.75) is 96.5 Å². The summed E-state index contributed by atoms with van der Waals surface area (Å²) in [5, 5.41) is 0. The first kappa shape index (κ1) is 23.7. The smallest absolute Gasteiger partial charge is 0.266 e. The van der Waals surface area contributed by atoms with Gasteiger partial charge in [0.1, 0.15) is 0 Å². The van der Waals surface area contributed by atoms with Gasteiger partial charge in [0, 0.05) is 0 Å². The van der Waals surface area contributed by atoms with E-state index in [4.69, 9.17) is 4.74 Å².